The zero-order valence-electron chi connectivity index (χ0n) is 24.4. The number of carbonyl (C=O) groups is 3. The number of allylic oxidation sites excluding steroid dienone is 1. The number of fused-ring (bicyclic) bond motifs is 1. The highest BCUT2D eigenvalue weighted by atomic mass is 16.5. The summed E-state index contributed by atoms with van der Waals surface area (Å²) in [7, 11) is 0. The van der Waals surface area contributed by atoms with Crippen molar-refractivity contribution in [2.45, 2.75) is 24.8 Å². The van der Waals surface area contributed by atoms with E-state index in [0.717, 1.165) is 16.9 Å². The molecule has 2 unspecified atom stereocenters. The van der Waals surface area contributed by atoms with Gasteiger partial charge in [0.15, 0.2) is 5.78 Å². The van der Waals surface area contributed by atoms with Gasteiger partial charge in [-0.3, -0.25) is 14.5 Å². The van der Waals surface area contributed by atoms with Crippen molar-refractivity contribution in [1.82, 2.24) is 0 Å². The normalized spacial score (nSPS) is 17.4. The second-order valence-corrected chi connectivity index (χ2v) is 11.2. The predicted octanol–water partition coefficient (Wildman–Crippen LogP) is 8.12. The number of nitrogens with one attached hydrogen (secondary N) is 1. The first kappa shape index (κ1) is 28.0. The van der Waals surface area contributed by atoms with Gasteiger partial charge in [-0.1, -0.05) is 91.0 Å². The fraction of sp³-hybridized carbons (Fsp3) is 0.103. The molecule has 0 fully saturated rings. The Kier molecular flexibility index (Phi) is 7.54. The lowest BCUT2D eigenvalue weighted by molar-refractivity contribution is -0.116. The summed E-state index contributed by atoms with van der Waals surface area (Å²) in [6, 6.07) is 41.9. The summed E-state index contributed by atoms with van der Waals surface area (Å²) < 4.78 is 5.79. The molecule has 5 aromatic rings. The van der Waals surface area contributed by atoms with Crippen LogP contribution in [0.15, 0.2) is 151 Å². The molecule has 0 spiro atoms. The van der Waals surface area contributed by atoms with Crippen LogP contribution in [0.4, 0.5) is 11.4 Å². The van der Waals surface area contributed by atoms with Crippen LogP contribution in [0.2, 0.25) is 0 Å². The fourth-order valence-corrected chi connectivity index (χ4v) is 6.30. The van der Waals surface area contributed by atoms with Crippen LogP contribution in [0.25, 0.3) is 0 Å². The van der Waals surface area contributed by atoms with Crippen molar-refractivity contribution in [1.29, 1.82) is 0 Å². The number of benzene rings is 5. The number of carbonyl (C=O) groups excluding carboxylic acids is 3. The minimum absolute atomic E-state index is 0.00713. The van der Waals surface area contributed by atoms with Crippen molar-refractivity contribution in [3.63, 3.8) is 0 Å². The van der Waals surface area contributed by atoms with Crippen LogP contribution >= 0.6 is 0 Å². The van der Waals surface area contributed by atoms with Crippen molar-refractivity contribution in [3.8, 4) is 5.75 Å². The van der Waals surface area contributed by atoms with E-state index in [9.17, 15) is 14.4 Å². The van der Waals surface area contributed by atoms with E-state index in [-0.39, 0.29) is 17.6 Å². The fourth-order valence-electron chi connectivity index (χ4n) is 6.30. The first-order chi connectivity index (χ1) is 22.1. The van der Waals surface area contributed by atoms with Gasteiger partial charge in [-0.2, -0.15) is 0 Å². The third-order valence-corrected chi connectivity index (χ3v) is 8.39. The van der Waals surface area contributed by atoms with Crippen molar-refractivity contribution < 1.29 is 19.1 Å². The van der Waals surface area contributed by atoms with Gasteiger partial charge in [0.05, 0.1) is 23.0 Å². The van der Waals surface area contributed by atoms with Gasteiger partial charge in [0.1, 0.15) is 5.75 Å². The Hall–Kier alpha value is -5.75. The van der Waals surface area contributed by atoms with Gasteiger partial charge >= 0.3 is 5.97 Å². The van der Waals surface area contributed by atoms with Crippen molar-refractivity contribution in [2.75, 3.05) is 10.2 Å². The first-order valence-electron chi connectivity index (χ1n) is 15.0. The molecule has 0 saturated carbocycles. The average molecular weight is 591 g/mol. The summed E-state index contributed by atoms with van der Waals surface area (Å²) in [6.45, 7) is 0. The van der Waals surface area contributed by atoms with E-state index in [1.54, 1.807) is 59.5 Å². The lowest BCUT2D eigenvalue weighted by Crippen LogP contribution is -2.38. The summed E-state index contributed by atoms with van der Waals surface area (Å²) in [5, 5.41) is 3.58. The molecule has 0 saturated heterocycles. The Bertz CT molecular complexity index is 1920. The smallest absolute Gasteiger partial charge is 0.343 e. The number of hydrogen-bond acceptors (Lipinski definition) is 5. The molecule has 7 rings (SSSR count). The van der Waals surface area contributed by atoms with E-state index >= 15 is 0 Å². The number of ketones is 1. The van der Waals surface area contributed by atoms with Gasteiger partial charge in [-0.05, 0) is 72.0 Å². The minimum atomic E-state index is -0.775. The molecular weight excluding hydrogens is 560 g/mol. The molecule has 6 heteroatoms. The van der Waals surface area contributed by atoms with Gasteiger partial charge in [0, 0.05) is 23.3 Å². The number of ether oxygens (including phenoxy) is 1. The maximum atomic E-state index is 14.5. The lowest BCUT2D eigenvalue weighted by Gasteiger charge is -2.35. The topological polar surface area (TPSA) is 75.7 Å². The number of hydrogen-bond donors (Lipinski definition) is 1. The molecule has 5 aromatic carbocycles. The molecule has 220 valence electrons. The maximum absolute atomic E-state index is 14.5. The Balaban J connectivity index is 1.39. The number of anilines is 2. The molecule has 6 nitrogen and oxygen atoms in total. The van der Waals surface area contributed by atoms with E-state index in [1.165, 1.54) is 0 Å². The molecule has 0 bridgehead atoms. The summed E-state index contributed by atoms with van der Waals surface area (Å²) in [4.78, 5) is 43.5. The lowest BCUT2D eigenvalue weighted by atomic mass is 9.78. The zero-order valence-corrected chi connectivity index (χ0v) is 24.4. The molecule has 2 aliphatic rings. The summed E-state index contributed by atoms with van der Waals surface area (Å²) in [6.07, 6.45) is 0.916. The molecule has 1 heterocycles. The largest absolute Gasteiger partial charge is 0.423 e. The Morgan fingerprint density at radius 2 is 1.29 bits per heavy atom. The number of rotatable bonds is 5. The van der Waals surface area contributed by atoms with Crippen LogP contribution < -0.4 is 15.0 Å². The molecule has 1 aliphatic carbocycles. The first-order valence-corrected chi connectivity index (χ1v) is 15.0. The minimum Gasteiger partial charge on any atom is -0.423 e. The van der Waals surface area contributed by atoms with Crippen LogP contribution in [-0.2, 0) is 4.79 Å². The second-order valence-electron chi connectivity index (χ2n) is 11.2. The standard InChI is InChI=1S/C39H30N2O4/c42-35-25-30(26-13-4-1-5-14-26)24-33-36(35)37(29-19-12-20-31(23-29)45-39(44)28-17-8-3-9-18-28)41(34-22-11-10-21-32(34)40-33)38(43)27-15-6-2-7-16-27/h1-23,30,37,40H,24-25H2. The van der Waals surface area contributed by atoms with Gasteiger partial charge in [-0.15, -0.1) is 0 Å². The third-order valence-electron chi connectivity index (χ3n) is 8.39. The quantitative estimate of drug-likeness (QED) is 0.165. The van der Waals surface area contributed by atoms with Gasteiger partial charge < -0.3 is 10.1 Å². The number of esters is 1. The average Bonchev–Trinajstić information content (AvgIpc) is 3.24. The number of amides is 1. The van der Waals surface area contributed by atoms with Crippen molar-refractivity contribution in [3.05, 3.63) is 173 Å². The molecule has 0 radical (unpaired) electrons. The van der Waals surface area contributed by atoms with Crippen LogP contribution in [0.1, 0.15) is 56.6 Å². The highest BCUT2D eigenvalue weighted by Gasteiger charge is 2.42. The predicted molar refractivity (Wildman–Crippen MR) is 174 cm³/mol. The second kappa shape index (κ2) is 12.1. The summed E-state index contributed by atoms with van der Waals surface area (Å²) in [5.41, 5.74) is 5.40. The van der Waals surface area contributed by atoms with Crippen LogP contribution in [0, 0.1) is 0 Å². The number of nitrogens with zero attached hydrogens (tertiary/aromatic N) is 1. The molecular formula is C39H30N2O4. The monoisotopic (exact) mass is 590 g/mol. The summed E-state index contributed by atoms with van der Waals surface area (Å²) in [5.74, 6) is -0.447. The van der Waals surface area contributed by atoms with E-state index in [1.807, 2.05) is 72.8 Å². The van der Waals surface area contributed by atoms with E-state index in [0.29, 0.717) is 46.5 Å². The number of Topliss-reactive ketones (excluding diaryl/α,β-unsaturated/α-hetero) is 1. The van der Waals surface area contributed by atoms with Crippen LogP contribution in [0.5, 0.6) is 5.75 Å². The number of para-hydroxylation sites is 2. The van der Waals surface area contributed by atoms with E-state index in [2.05, 4.69) is 17.4 Å². The van der Waals surface area contributed by atoms with Crippen LogP contribution in [0.3, 0.4) is 0 Å². The van der Waals surface area contributed by atoms with Gasteiger partial charge in [0.25, 0.3) is 5.91 Å². The van der Waals surface area contributed by atoms with Gasteiger partial charge in [0.2, 0.25) is 0 Å². The Labute approximate surface area is 261 Å². The maximum Gasteiger partial charge on any atom is 0.343 e. The van der Waals surface area contributed by atoms with Gasteiger partial charge in [-0.25, -0.2) is 4.79 Å². The third kappa shape index (κ3) is 5.54. The Morgan fingerprint density at radius 3 is 2.02 bits per heavy atom. The van der Waals surface area contributed by atoms with E-state index in [4.69, 9.17) is 4.74 Å². The SMILES string of the molecule is O=C1CC(c2ccccc2)CC2=C1C(c1cccc(OC(=O)c3ccccc3)c1)N(C(=O)c1ccccc1)c1ccccc1N2. The molecule has 1 N–H and O–H groups in total. The molecule has 0 aromatic heterocycles. The molecule has 1 aliphatic heterocycles. The highest BCUT2D eigenvalue weighted by Crippen LogP contribution is 2.48. The van der Waals surface area contributed by atoms with E-state index < -0.39 is 12.0 Å². The molecule has 45 heavy (non-hydrogen) atoms. The molecule has 1 amide bonds. The van der Waals surface area contributed by atoms with Crippen LogP contribution in [-0.4, -0.2) is 17.7 Å². The Morgan fingerprint density at radius 1 is 0.667 bits per heavy atom. The zero-order chi connectivity index (χ0) is 30.8. The molecule has 2 atom stereocenters. The van der Waals surface area contributed by atoms with Crippen molar-refractivity contribution in [2.24, 2.45) is 0 Å². The highest BCUT2D eigenvalue weighted by molar-refractivity contribution is 6.12. The van der Waals surface area contributed by atoms with Crippen molar-refractivity contribution >= 4 is 29.0 Å². The summed E-state index contributed by atoms with van der Waals surface area (Å²) >= 11 is 0.